The fourth-order valence-corrected chi connectivity index (χ4v) is 4.11. The zero-order valence-corrected chi connectivity index (χ0v) is 16.1. The third kappa shape index (κ3) is 3.20. The summed E-state index contributed by atoms with van der Waals surface area (Å²) in [6.45, 7) is 0.746. The van der Waals surface area contributed by atoms with Crippen LogP contribution in [-0.4, -0.2) is 34.8 Å². The highest BCUT2D eigenvalue weighted by molar-refractivity contribution is 6.38. The van der Waals surface area contributed by atoms with Crippen molar-refractivity contribution in [2.75, 3.05) is 18.0 Å². The van der Waals surface area contributed by atoms with Gasteiger partial charge in [-0.2, -0.15) is 0 Å². The molecule has 2 heterocycles. The second-order valence-corrected chi connectivity index (χ2v) is 7.43. The third-order valence-electron chi connectivity index (χ3n) is 5.10. The molecule has 3 N–H and O–H groups in total. The Hall–Kier alpha value is -3.04. The van der Waals surface area contributed by atoms with Crippen LogP contribution in [0.25, 0.3) is 16.6 Å². The van der Waals surface area contributed by atoms with Gasteiger partial charge in [0.25, 0.3) is 0 Å². The van der Waals surface area contributed by atoms with Crippen molar-refractivity contribution in [1.29, 1.82) is 0 Å². The minimum absolute atomic E-state index is 0.0177. The fourth-order valence-electron chi connectivity index (χ4n) is 3.70. The number of halogens is 4. The number of hydrogen-bond donors (Lipinski definition) is 2. The molecule has 30 heavy (non-hydrogen) atoms. The molecule has 1 aromatic heterocycles. The Morgan fingerprint density at radius 3 is 2.53 bits per heavy atom. The topological polar surface area (TPSA) is 88.6 Å². The molecule has 1 fully saturated rings. The molecule has 0 radical (unpaired) electrons. The highest BCUT2D eigenvalue weighted by atomic mass is 35.5. The number of nitrogens with two attached hydrogens (primary N) is 1. The van der Waals surface area contributed by atoms with Gasteiger partial charge in [0, 0.05) is 31.4 Å². The molecule has 1 aliphatic rings. The lowest BCUT2D eigenvalue weighted by atomic mass is 10.1. The largest absolute Gasteiger partial charge is 0.477 e. The first-order chi connectivity index (χ1) is 14.2. The molecule has 10 heteroatoms. The number of benzene rings is 2. The van der Waals surface area contributed by atoms with Crippen LogP contribution in [0.15, 0.2) is 35.3 Å². The Balaban J connectivity index is 2.12. The van der Waals surface area contributed by atoms with E-state index in [1.54, 1.807) is 4.90 Å². The molecule has 4 rings (SSSR count). The first kappa shape index (κ1) is 20.2. The van der Waals surface area contributed by atoms with Gasteiger partial charge in [0.15, 0.2) is 0 Å². The molecule has 0 spiro atoms. The van der Waals surface area contributed by atoms with E-state index in [0.29, 0.717) is 25.6 Å². The molecule has 2 aromatic carbocycles. The molecule has 3 aromatic rings. The van der Waals surface area contributed by atoms with Gasteiger partial charge in [-0.15, -0.1) is 0 Å². The Morgan fingerprint density at radius 2 is 1.93 bits per heavy atom. The third-order valence-corrected chi connectivity index (χ3v) is 5.46. The maximum atomic E-state index is 15.0. The first-order valence-electron chi connectivity index (χ1n) is 8.95. The summed E-state index contributed by atoms with van der Waals surface area (Å²) in [4.78, 5) is 25.8. The van der Waals surface area contributed by atoms with E-state index in [0.717, 1.165) is 29.0 Å². The highest BCUT2D eigenvalue weighted by Crippen LogP contribution is 2.38. The monoisotopic (exact) mass is 437 g/mol. The number of rotatable bonds is 3. The number of carboxylic acids is 1. The van der Waals surface area contributed by atoms with Crippen molar-refractivity contribution >= 4 is 34.2 Å². The number of hydrogen-bond acceptors (Lipinski definition) is 4. The highest BCUT2D eigenvalue weighted by Gasteiger charge is 2.28. The lowest BCUT2D eigenvalue weighted by Crippen LogP contribution is -2.27. The lowest BCUT2D eigenvalue weighted by Gasteiger charge is -2.23. The van der Waals surface area contributed by atoms with E-state index in [1.807, 2.05) is 0 Å². The predicted octanol–water partition coefficient (Wildman–Crippen LogP) is 3.30. The Bertz CT molecular complexity index is 1260. The normalized spacial score (nSPS) is 16.4. The number of aromatic nitrogens is 1. The SMILES string of the molecule is NC1CCN(c2c(F)cc3c(=O)c(C(=O)O)cn(-c4ccc(F)cc4F)c3c2Cl)C1. The maximum absolute atomic E-state index is 15.0. The number of anilines is 1. The molecule has 0 amide bonds. The van der Waals surface area contributed by atoms with Gasteiger partial charge >= 0.3 is 5.97 Å². The lowest BCUT2D eigenvalue weighted by molar-refractivity contribution is 0.0695. The molecule has 6 nitrogen and oxygen atoms in total. The van der Waals surface area contributed by atoms with E-state index in [9.17, 15) is 27.9 Å². The number of aromatic carboxylic acids is 1. The average molecular weight is 438 g/mol. The van der Waals surface area contributed by atoms with Crippen LogP contribution in [0.2, 0.25) is 5.02 Å². The minimum Gasteiger partial charge on any atom is -0.477 e. The summed E-state index contributed by atoms with van der Waals surface area (Å²) in [5.41, 5.74) is 3.86. The van der Waals surface area contributed by atoms with Crippen molar-refractivity contribution in [3.63, 3.8) is 0 Å². The van der Waals surface area contributed by atoms with Crippen LogP contribution in [0.4, 0.5) is 18.9 Å². The van der Waals surface area contributed by atoms with Gasteiger partial charge < -0.3 is 20.3 Å². The summed E-state index contributed by atoms with van der Waals surface area (Å²) in [7, 11) is 0. The summed E-state index contributed by atoms with van der Waals surface area (Å²) < 4.78 is 43.9. The van der Waals surface area contributed by atoms with Gasteiger partial charge in [0.1, 0.15) is 23.0 Å². The standard InChI is InChI=1S/C20H15ClF3N3O3/c21-16-17-11(6-14(24)18(16)26-4-3-10(25)7-26)19(28)12(20(29)30)8-27(17)15-2-1-9(22)5-13(15)23/h1-2,5-6,8,10H,3-4,7,25H2,(H,29,30). The zero-order chi connectivity index (χ0) is 21.7. The van der Waals surface area contributed by atoms with Crippen LogP contribution in [0.3, 0.4) is 0 Å². The van der Waals surface area contributed by atoms with E-state index >= 15 is 0 Å². The smallest absolute Gasteiger partial charge is 0.341 e. The van der Waals surface area contributed by atoms with Gasteiger partial charge in [0.05, 0.1) is 27.3 Å². The molecule has 1 unspecified atom stereocenters. The van der Waals surface area contributed by atoms with E-state index in [-0.39, 0.29) is 33.3 Å². The quantitative estimate of drug-likeness (QED) is 0.656. The van der Waals surface area contributed by atoms with Crippen LogP contribution in [0.5, 0.6) is 0 Å². The second kappa shape index (κ2) is 7.33. The Morgan fingerprint density at radius 1 is 1.20 bits per heavy atom. The van der Waals surface area contributed by atoms with Crippen molar-refractivity contribution in [3.05, 3.63) is 68.7 Å². The van der Waals surface area contributed by atoms with E-state index in [1.165, 1.54) is 0 Å². The van der Waals surface area contributed by atoms with Crippen molar-refractivity contribution in [1.82, 2.24) is 4.57 Å². The van der Waals surface area contributed by atoms with Crippen molar-refractivity contribution in [2.24, 2.45) is 5.73 Å². The van der Waals surface area contributed by atoms with Gasteiger partial charge in [-0.05, 0) is 24.6 Å². The second-order valence-electron chi connectivity index (χ2n) is 7.05. The van der Waals surface area contributed by atoms with Gasteiger partial charge in [0.2, 0.25) is 5.43 Å². The molecule has 0 bridgehead atoms. The molecule has 1 atom stereocenters. The fraction of sp³-hybridized carbons (Fsp3) is 0.200. The van der Waals surface area contributed by atoms with Gasteiger partial charge in [-0.25, -0.2) is 18.0 Å². The Labute approximate surface area is 172 Å². The summed E-state index contributed by atoms with van der Waals surface area (Å²) >= 11 is 6.49. The number of carboxylic acid groups (broad SMARTS) is 1. The van der Waals surface area contributed by atoms with Crippen LogP contribution in [0.1, 0.15) is 16.8 Å². The van der Waals surface area contributed by atoms with Crippen molar-refractivity contribution in [2.45, 2.75) is 12.5 Å². The number of pyridine rings is 1. The molecule has 1 aliphatic heterocycles. The minimum atomic E-state index is -1.58. The molecule has 0 saturated carbocycles. The van der Waals surface area contributed by atoms with Crippen molar-refractivity contribution in [3.8, 4) is 5.69 Å². The first-order valence-corrected chi connectivity index (χ1v) is 9.33. The molecule has 0 aliphatic carbocycles. The number of nitrogens with zero attached hydrogens (tertiary/aromatic N) is 2. The summed E-state index contributed by atoms with van der Waals surface area (Å²) in [6, 6.07) is 3.35. The molecular formula is C20H15ClF3N3O3. The van der Waals surface area contributed by atoms with Crippen LogP contribution < -0.4 is 16.1 Å². The summed E-state index contributed by atoms with van der Waals surface area (Å²) in [5.74, 6) is -4.26. The van der Waals surface area contributed by atoms with Crippen LogP contribution in [-0.2, 0) is 0 Å². The van der Waals surface area contributed by atoms with E-state index < -0.39 is 34.4 Å². The van der Waals surface area contributed by atoms with Crippen LogP contribution in [0, 0.1) is 17.5 Å². The number of fused-ring (bicyclic) bond motifs is 1. The van der Waals surface area contributed by atoms with E-state index in [4.69, 9.17) is 17.3 Å². The molecule has 1 saturated heterocycles. The Kier molecular flexibility index (Phi) is 4.95. The molecule has 156 valence electrons. The summed E-state index contributed by atoms with van der Waals surface area (Å²) in [6.07, 6.45) is 1.50. The average Bonchev–Trinajstić information content (AvgIpc) is 3.08. The van der Waals surface area contributed by atoms with Crippen molar-refractivity contribution < 1.29 is 23.1 Å². The summed E-state index contributed by atoms with van der Waals surface area (Å²) in [5, 5.41) is 8.85. The molecular weight excluding hydrogens is 423 g/mol. The predicted molar refractivity (Wildman–Crippen MR) is 106 cm³/mol. The van der Waals surface area contributed by atoms with Gasteiger partial charge in [-0.3, -0.25) is 4.79 Å². The van der Waals surface area contributed by atoms with Crippen LogP contribution >= 0.6 is 11.6 Å². The zero-order valence-electron chi connectivity index (χ0n) is 15.3. The van der Waals surface area contributed by atoms with Gasteiger partial charge in [-0.1, -0.05) is 11.6 Å². The van der Waals surface area contributed by atoms with E-state index in [2.05, 4.69) is 0 Å². The maximum Gasteiger partial charge on any atom is 0.341 e. The number of carbonyl (C=O) groups is 1.